The quantitative estimate of drug-likeness (QED) is 0.738. The standard InChI is InChI=1S/C14H9ClF2N4/c15-11-6-9(18)2-4-14(11)21-7-13(19-20-21)10-5-8(16)1-3-12(10)17/h1-7H,18H2. The fourth-order valence-electron chi connectivity index (χ4n) is 1.91. The largest absolute Gasteiger partial charge is 0.399 e. The Kier molecular flexibility index (Phi) is 3.31. The summed E-state index contributed by atoms with van der Waals surface area (Å²) in [6.07, 6.45) is 1.47. The molecule has 0 unspecified atom stereocenters. The predicted molar refractivity (Wildman–Crippen MR) is 76.1 cm³/mol. The van der Waals surface area contributed by atoms with Crippen LogP contribution < -0.4 is 5.73 Å². The van der Waals surface area contributed by atoms with Gasteiger partial charge in [-0.3, -0.25) is 0 Å². The van der Waals surface area contributed by atoms with E-state index in [1.807, 2.05) is 0 Å². The lowest BCUT2D eigenvalue weighted by Crippen LogP contribution is -1.96. The van der Waals surface area contributed by atoms with E-state index >= 15 is 0 Å². The van der Waals surface area contributed by atoms with Crippen molar-refractivity contribution in [3.8, 4) is 16.9 Å². The minimum atomic E-state index is -0.577. The van der Waals surface area contributed by atoms with E-state index in [1.165, 1.54) is 10.9 Å². The second-order valence-electron chi connectivity index (χ2n) is 4.38. The van der Waals surface area contributed by atoms with Crippen molar-refractivity contribution in [2.75, 3.05) is 5.73 Å². The molecule has 0 aliphatic heterocycles. The van der Waals surface area contributed by atoms with Crippen molar-refractivity contribution in [3.05, 3.63) is 59.3 Å². The van der Waals surface area contributed by atoms with Gasteiger partial charge in [0, 0.05) is 11.3 Å². The smallest absolute Gasteiger partial charge is 0.132 e. The molecule has 1 heterocycles. The third-order valence-electron chi connectivity index (χ3n) is 2.92. The van der Waals surface area contributed by atoms with Gasteiger partial charge in [-0.1, -0.05) is 16.8 Å². The molecule has 0 radical (unpaired) electrons. The average molecular weight is 307 g/mol. The summed E-state index contributed by atoms with van der Waals surface area (Å²) in [5.41, 5.74) is 6.92. The summed E-state index contributed by atoms with van der Waals surface area (Å²) in [6.45, 7) is 0. The van der Waals surface area contributed by atoms with E-state index < -0.39 is 11.6 Å². The zero-order valence-corrected chi connectivity index (χ0v) is 11.4. The molecule has 0 amide bonds. The first-order valence-corrected chi connectivity index (χ1v) is 6.35. The molecule has 0 atom stereocenters. The first kappa shape index (κ1) is 13.5. The molecule has 0 saturated carbocycles. The van der Waals surface area contributed by atoms with Gasteiger partial charge >= 0.3 is 0 Å². The van der Waals surface area contributed by atoms with Gasteiger partial charge in [0.25, 0.3) is 0 Å². The van der Waals surface area contributed by atoms with Crippen LogP contribution in [0, 0.1) is 11.6 Å². The number of aromatic nitrogens is 3. The Morgan fingerprint density at radius 1 is 1.10 bits per heavy atom. The van der Waals surface area contributed by atoms with E-state index in [2.05, 4.69) is 10.3 Å². The van der Waals surface area contributed by atoms with Gasteiger partial charge in [-0.15, -0.1) is 5.10 Å². The van der Waals surface area contributed by atoms with Crippen LogP contribution in [-0.4, -0.2) is 15.0 Å². The van der Waals surface area contributed by atoms with Gasteiger partial charge in [0.15, 0.2) is 0 Å². The maximum absolute atomic E-state index is 13.7. The van der Waals surface area contributed by atoms with Crippen molar-refractivity contribution >= 4 is 17.3 Å². The van der Waals surface area contributed by atoms with Gasteiger partial charge < -0.3 is 5.73 Å². The topological polar surface area (TPSA) is 56.7 Å². The number of halogens is 3. The molecule has 1 aromatic heterocycles. The molecular weight excluding hydrogens is 298 g/mol. The van der Waals surface area contributed by atoms with Crippen LogP contribution in [0.4, 0.5) is 14.5 Å². The van der Waals surface area contributed by atoms with E-state index in [-0.39, 0.29) is 11.3 Å². The minimum absolute atomic E-state index is 0.0350. The maximum Gasteiger partial charge on any atom is 0.132 e. The summed E-state index contributed by atoms with van der Waals surface area (Å²) in [4.78, 5) is 0. The fourth-order valence-corrected chi connectivity index (χ4v) is 2.18. The normalized spacial score (nSPS) is 10.8. The molecule has 21 heavy (non-hydrogen) atoms. The minimum Gasteiger partial charge on any atom is -0.399 e. The number of nitrogens with zero attached hydrogens (tertiary/aromatic N) is 3. The summed E-state index contributed by atoms with van der Waals surface area (Å²) < 4.78 is 28.3. The third kappa shape index (κ3) is 2.57. The number of nitrogens with two attached hydrogens (primary N) is 1. The monoisotopic (exact) mass is 306 g/mol. The van der Waals surface area contributed by atoms with Gasteiger partial charge in [0.2, 0.25) is 0 Å². The van der Waals surface area contributed by atoms with Crippen LogP contribution in [0.15, 0.2) is 42.6 Å². The summed E-state index contributed by atoms with van der Waals surface area (Å²) >= 11 is 6.07. The second kappa shape index (κ2) is 5.14. The average Bonchev–Trinajstić information content (AvgIpc) is 2.91. The van der Waals surface area contributed by atoms with Crippen molar-refractivity contribution < 1.29 is 8.78 Å². The number of nitrogen functional groups attached to an aromatic ring is 1. The fraction of sp³-hybridized carbons (Fsp3) is 0. The highest BCUT2D eigenvalue weighted by atomic mass is 35.5. The third-order valence-corrected chi connectivity index (χ3v) is 3.22. The van der Waals surface area contributed by atoms with Crippen LogP contribution in [-0.2, 0) is 0 Å². The number of rotatable bonds is 2. The Labute approximate surface area is 123 Å². The lowest BCUT2D eigenvalue weighted by atomic mass is 10.1. The van der Waals surface area contributed by atoms with E-state index in [9.17, 15) is 8.78 Å². The van der Waals surface area contributed by atoms with Crippen LogP contribution in [0.5, 0.6) is 0 Å². The molecule has 3 aromatic rings. The second-order valence-corrected chi connectivity index (χ2v) is 4.79. The Morgan fingerprint density at radius 3 is 2.67 bits per heavy atom. The van der Waals surface area contributed by atoms with Gasteiger partial charge in [-0.05, 0) is 36.4 Å². The Morgan fingerprint density at radius 2 is 1.90 bits per heavy atom. The molecule has 3 rings (SSSR count). The molecule has 7 heteroatoms. The molecule has 4 nitrogen and oxygen atoms in total. The maximum atomic E-state index is 13.7. The number of hydrogen-bond donors (Lipinski definition) is 1. The van der Waals surface area contributed by atoms with Crippen molar-refractivity contribution in [1.29, 1.82) is 0 Å². The van der Waals surface area contributed by atoms with E-state index in [4.69, 9.17) is 17.3 Å². The molecule has 0 spiro atoms. The highest BCUT2D eigenvalue weighted by molar-refractivity contribution is 6.32. The van der Waals surface area contributed by atoms with Crippen molar-refractivity contribution in [2.45, 2.75) is 0 Å². The molecule has 0 aliphatic rings. The van der Waals surface area contributed by atoms with Crippen LogP contribution in [0.2, 0.25) is 5.02 Å². The molecule has 0 bridgehead atoms. The number of hydrogen-bond acceptors (Lipinski definition) is 3. The molecular formula is C14H9ClF2N4. The highest BCUT2D eigenvalue weighted by Crippen LogP contribution is 2.25. The summed E-state index contributed by atoms with van der Waals surface area (Å²) in [7, 11) is 0. The van der Waals surface area contributed by atoms with Crippen LogP contribution >= 0.6 is 11.6 Å². The van der Waals surface area contributed by atoms with Crippen molar-refractivity contribution in [3.63, 3.8) is 0 Å². The predicted octanol–water partition coefficient (Wildman–Crippen LogP) is 3.45. The zero-order chi connectivity index (χ0) is 15.0. The number of anilines is 1. The van der Waals surface area contributed by atoms with Gasteiger partial charge in [-0.25, -0.2) is 13.5 Å². The van der Waals surface area contributed by atoms with Crippen molar-refractivity contribution in [1.82, 2.24) is 15.0 Å². The molecule has 2 aromatic carbocycles. The molecule has 0 fully saturated rings. The van der Waals surface area contributed by atoms with Crippen LogP contribution in [0.3, 0.4) is 0 Å². The van der Waals surface area contributed by atoms with Crippen LogP contribution in [0.1, 0.15) is 0 Å². The summed E-state index contributed by atoms with van der Waals surface area (Å²) in [5.74, 6) is -1.13. The first-order valence-electron chi connectivity index (χ1n) is 5.98. The number of benzene rings is 2. The molecule has 2 N–H and O–H groups in total. The Hall–Kier alpha value is -2.47. The van der Waals surface area contributed by atoms with E-state index in [0.29, 0.717) is 16.4 Å². The molecule has 0 saturated heterocycles. The van der Waals surface area contributed by atoms with Gasteiger partial charge in [0.1, 0.15) is 17.3 Å². The molecule has 106 valence electrons. The van der Waals surface area contributed by atoms with Crippen molar-refractivity contribution in [2.24, 2.45) is 0 Å². The lowest BCUT2D eigenvalue weighted by Gasteiger charge is -2.03. The lowest BCUT2D eigenvalue weighted by molar-refractivity contribution is 0.602. The van der Waals surface area contributed by atoms with Gasteiger partial charge in [0.05, 0.1) is 16.9 Å². The SMILES string of the molecule is Nc1ccc(-n2cc(-c3cc(F)ccc3F)nn2)c(Cl)c1. The summed E-state index contributed by atoms with van der Waals surface area (Å²) in [5, 5.41) is 8.10. The highest BCUT2D eigenvalue weighted by Gasteiger charge is 2.12. The Balaban J connectivity index is 2.06. The van der Waals surface area contributed by atoms with Gasteiger partial charge in [-0.2, -0.15) is 0 Å². The van der Waals surface area contributed by atoms with Crippen LogP contribution in [0.25, 0.3) is 16.9 Å². The Bertz CT molecular complexity index is 816. The van der Waals surface area contributed by atoms with E-state index in [1.54, 1.807) is 18.2 Å². The zero-order valence-electron chi connectivity index (χ0n) is 10.6. The first-order chi connectivity index (χ1) is 10.0. The van der Waals surface area contributed by atoms with E-state index in [0.717, 1.165) is 18.2 Å². The summed E-state index contributed by atoms with van der Waals surface area (Å²) in [6, 6.07) is 8.04. The molecule has 0 aliphatic carbocycles.